The van der Waals surface area contributed by atoms with Crippen molar-refractivity contribution in [3.8, 4) is 0 Å². The minimum absolute atomic E-state index is 0.0844. The van der Waals surface area contributed by atoms with E-state index in [9.17, 15) is 14.7 Å². The van der Waals surface area contributed by atoms with Gasteiger partial charge in [0.05, 0.1) is 5.56 Å². The van der Waals surface area contributed by atoms with Crippen molar-refractivity contribution in [2.45, 2.75) is 59.4 Å². The van der Waals surface area contributed by atoms with Crippen LogP contribution in [-0.4, -0.2) is 15.6 Å². The highest BCUT2D eigenvalue weighted by atomic mass is 16.4. The van der Waals surface area contributed by atoms with Crippen molar-refractivity contribution < 1.29 is 9.90 Å². The van der Waals surface area contributed by atoms with Crippen molar-refractivity contribution in [1.29, 1.82) is 0 Å². The Labute approximate surface area is 125 Å². The molecule has 1 aromatic heterocycles. The molecule has 1 saturated carbocycles. The minimum Gasteiger partial charge on any atom is -0.478 e. The van der Waals surface area contributed by atoms with Crippen LogP contribution in [0.3, 0.4) is 0 Å². The number of hydrogen-bond acceptors (Lipinski definition) is 2. The van der Waals surface area contributed by atoms with Crippen LogP contribution in [-0.2, 0) is 6.54 Å². The number of hydrogen-bond donors (Lipinski definition) is 1. The highest BCUT2D eigenvalue weighted by Crippen LogP contribution is 2.31. The van der Waals surface area contributed by atoms with Crippen LogP contribution in [0.2, 0.25) is 0 Å². The van der Waals surface area contributed by atoms with Crippen LogP contribution in [0, 0.1) is 25.7 Å². The van der Waals surface area contributed by atoms with E-state index in [1.807, 2.05) is 0 Å². The molecule has 1 aliphatic carbocycles. The third-order valence-corrected chi connectivity index (χ3v) is 4.79. The van der Waals surface area contributed by atoms with Gasteiger partial charge in [0.25, 0.3) is 5.56 Å². The van der Waals surface area contributed by atoms with Crippen LogP contribution in [0.4, 0.5) is 0 Å². The standard InChI is InChI=1S/C17H25NO3/c1-11-5-4-6-14(9-11)7-8-18-13(3)16(17(20)21)12(2)10-15(18)19/h10-11,14H,4-9H2,1-3H3,(H,20,21). The van der Waals surface area contributed by atoms with Gasteiger partial charge in [-0.3, -0.25) is 4.79 Å². The average Bonchev–Trinajstić information content (AvgIpc) is 2.37. The van der Waals surface area contributed by atoms with Gasteiger partial charge in [-0.05, 0) is 44.1 Å². The van der Waals surface area contributed by atoms with Crippen LogP contribution < -0.4 is 5.56 Å². The van der Waals surface area contributed by atoms with E-state index in [0.717, 1.165) is 12.3 Å². The number of pyridine rings is 1. The van der Waals surface area contributed by atoms with E-state index in [1.54, 1.807) is 18.4 Å². The maximum absolute atomic E-state index is 12.1. The second kappa shape index (κ2) is 6.46. The molecule has 1 aliphatic rings. The predicted octanol–water partition coefficient (Wildman–Crippen LogP) is 3.38. The number of rotatable bonds is 4. The van der Waals surface area contributed by atoms with E-state index < -0.39 is 5.97 Å². The van der Waals surface area contributed by atoms with Gasteiger partial charge in [0.15, 0.2) is 0 Å². The van der Waals surface area contributed by atoms with Gasteiger partial charge >= 0.3 is 5.97 Å². The summed E-state index contributed by atoms with van der Waals surface area (Å²) in [5.41, 5.74) is 1.31. The number of carboxylic acid groups (broad SMARTS) is 1. The van der Waals surface area contributed by atoms with Crippen molar-refractivity contribution in [3.05, 3.63) is 33.2 Å². The lowest BCUT2D eigenvalue weighted by atomic mass is 9.81. The highest BCUT2D eigenvalue weighted by molar-refractivity contribution is 5.90. The molecule has 1 heterocycles. The number of carbonyl (C=O) groups is 1. The van der Waals surface area contributed by atoms with E-state index in [-0.39, 0.29) is 11.1 Å². The Kier molecular flexibility index (Phi) is 4.86. The summed E-state index contributed by atoms with van der Waals surface area (Å²) in [6, 6.07) is 1.44. The zero-order valence-corrected chi connectivity index (χ0v) is 13.2. The monoisotopic (exact) mass is 291 g/mol. The molecule has 2 rings (SSSR count). The first kappa shape index (κ1) is 15.8. The van der Waals surface area contributed by atoms with E-state index in [4.69, 9.17) is 0 Å². The highest BCUT2D eigenvalue weighted by Gasteiger charge is 2.20. The second-order valence-corrected chi connectivity index (χ2v) is 6.51. The molecule has 2 atom stereocenters. The topological polar surface area (TPSA) is 59.3 Å². The first-order valence-corrected chi connectivity index (χ1v) is 7.84. The van der Waals surface area contributed by atoms with Crippen LogP contribution in [0.5, 0.6) is 0 Å². The number of aromatic nitrogens is 1. The Hall–Kier alpha value is -1.58. The van der Waals surface area contributed by atoms with Gasteiger partial charge in [0.1, 0.15) is 0 Å². The summed E-state index contributed by atoms with van der Waals surface area (Å²) in [4.78, 5) is 23.5. The molecular weight excluding hydrogens is 266 g/mol. The molecule has 0 bridgehead atoms. The lowest BCUT2D eigenvalue weighted by molar-refractivity contribution is 0.0694. The third-order valence-electron chi connectivity index (χ3n) is 4.79. The lowest BCUT2D eigenvalue weighted by Gasteiger charge is -2.27. The molecular formula is C17H25NO3. The smallest absolute Gasteiger partial charge is 0.337 e. The maximum atomic E-state index is 12.1. The molecule has 21 heavy (non-hydrogen) atoms. The summed E-state index contributed by atoms with van der Waals surface area (Å²) in [6.07, 6.45) is 6.01. The predicted molar refractivity (Wildman–Crippen MR) is 82.9 cm³/mol. The number of carboxylic acids is 1. The van der Waals surface area contributed by atoms with Crippen LogP contribution in [0.15, 0.2) is 10.9 Å². The van der Waals surface area contributed by atoms with Crippen molar-refractivity contribution in [3.63, 3.8) is 0 Å². The third kappa shape index (κ3) is 3.55. The normalized spacial score (nSPS) is 22.2. The zero-order chi connectivity index (χ0) is 15.6. The van der Waals surface area contributed by atoms with Crippen molar-refractivity contribution >= 4 is 5.97 Å². The maximum Gasteiger partial charge on any atom is 0.337 e. The fourth-order valence-electron chi connectivity index (χ4n) is 3.66. The molecule has 0 spiro atoms. The molecule has 0 aliphatic heterocycles. The number of nitrogens with zero attached hydrogens (tertiary/aromatic N) is 1. The molecule has 1 N–H and O–H groups in total. The Morgan fingerprint density at radius 2 is 2.10 bits per heavy atom. The Morgan fingerprint density at radius 1 is 1.38 bits per heavy atom. The van der Waals surface area contributed by atoms with Gasteiger partial charge in [-0.1, -0.05) is 26.2 Å². The minimum atomic E-state index is -0.954. The summed E-state index contributed by atoms with van der Waals surface area (Å²) in [7, 11) is 0. The zero-order valence-electron chi connectivity index (χ0n) is 13.2. The van der Waals surface area contributed by atoms with E-state index >= 15 is 0 Å². The van der Waals surface area contributed by atoms with Gasteiger partial charge in [-0.15, -0.1) is 0 Å². The van der Waals surface area contributed by atoms with Gasteiger partial charge in [-0.2, -0.15) is 0 Å². The van der Waals surface area contributed by atoms with Crippen LogP contribution in [0.1, 0.15) is 60.6 Å². The largest absolute Gasteiger partial charge is 0.478 e. The molecule has 4 nitrogen and oxygen atoms in total. The molecule has 4 heteroatoms. The summed E-state index contributed by atoms with van der Waals surface area (Å²) in [6.45, 7) is 6.34. The summed E-state index contributed by atoms with van der Waals surface area (Å²) >= 11 is 0. The van der Waals surface area contributed by atoms with Crippen molar-refractivity contribution in [2.24, 2.45) is 11.8 Å². The summed E-state index contributed by atoms with van der Waals surface area (Å²) < 4.78 is 1.63. The molecule has 2 unspecified atom stereocenters. The molecule has 0 radical (unpaired) electrons. The molecule has 0 aromatic carbocycles. The Bertz CT molecular complexity index is 588. The SMILES string of the molecule is Cc1cc(=O)n(CCC2CCCC(C)C2)c(C)c1C(=O)O. The van der Waals surface area contributed by atoms with Gasteiger partial charge in [-0.25, -0.2) is 4.79 Å². The first-order chi connectivity index (χ1) is 9.90. The fourth-order valence-corrected chi connectivity index (χ4v) is 3.66. The van der Waals surface area contributed by atoms with Crippen LogP contribution in [0.25, 0.3) is 0 Å². The Morgan fingerprint density at radius 3 is 2.71 bits per heavy atom. The molecule has 116 valence electrons. The van der Waals surface area contributed by atoms with Gasteiger partial charge in [0.2, 0.25) is 0 Å². The summed E-state index contributed by atoms with van der Waals surface area (Å²) in [5.74, 6) is 0.480. The molecule has 1 fully saturated rings. The fraction of sp³-hybridized carbons (Fsp3) is 0.647. The number of aromatic carboxylic acids is 1. The quantitative estimate of drug-likeness (QED) is 0.925. The summed E-state index contributed by atoms with van der Waals surface area (Å²) in [5, 5.41) is 9.30. The van der Waals surface area contributed by atoms with E-state index in [0.29, 0.717) is 23.7 Å². The Balaban J connectivity index is 2.18. The van der Waals surface area contributed by atoms with Gasteiger partial charge < -0.3 is 9.67 Å². The van der Waals surface area contributed by atoms with Gasteiger partial charge in [0, 0.05) is 18.3 Å². The van der Waals surface area contributed by atoms with Crippen molar-refractivity contribution in [2.75, 3.05) is 0 Å². The molecule has 0 amide bonds. The van der Waals surface area contributed by atoms with E-state index in [1.165, 1.54) is 31.7 Å². The molecule has 0 saturated heterocycles. The van der Waals surface area contributed by atoms with Crippen LogP contribution >= 0.6 is 0 Å². The molecule has 1 aromatic rings. The van der Waals surface area contributed by atoms with E-state index in [2.05, 4.69) is 6.92 Å². The second-order valence-electron chi connectivity index (χ2n) is 6.51. The lowest BCUT2D eigenvalue weighted by Crippen LogP contribution is -2.27. The van der Waals surface area contributed by atoms with Crippen molar-refractivity contribution in [1.82, 2.24) is 4.57 Å². The number of aryl methyl sites for hydroxylation is 1. The first-order valence-electron chi connectivity index (χ1n) is 7.84. The average molecular weight is 291 g/mol.